The first-order valence-electron chi connectivity index (χ1n) is 7.91. The van der Waals surface area contributed by atoms with Crippen LogP contribution >= 0.6 is 11.6 Å². The summed E-state index contributed by atoms with van der Waals surface area (Å²) in [5, 5.41) is 1.72. The average Bonchev–Trinajstić information content (AvgIpc) is 2.79. The Morgan fingerprint density at radius 1 is 1.14 bits per heavy atom. The number of aromatic nitrogens is 1. The number of Topliss-reactive ketones (excluding diaryl/α,β-unsaturated/α-hetero) is 1. The van der Waals surface area contributed by atoms with Gasteiger partial charge >= 0.3 is 0 Å². The first-order chi connectivity index (χ1) is 10.1. The van der Waals surface area contributed by atoms with Gasteiger partial charge in [0.25, 0.3) is 0 Å². The summed E-state index contributed by atoms with van der Waals surface area (Å²) in [5.41, 5.74) is 1.85. The second-order valence-electron chi connectivity index (χ2n) is 5.76. The fourth-order valence-corrected chi connectivity index (χ4v) is 2.95. The van der Waals surface area contributed by atoms with Gasteiger partial charge in [0.1, 0.15) is 0 Å². The van der Waals surface area contributed by atoms with Crippen molar-refractivity contribution in [2.24, 2.45) is 7.05 Å². The zero-order chi connectivity index (χ0) is 15.2. The molecule has 114 valence electrons. The van der Waals surface area contributed by atoms with E-state index in [-0.39, 0.29) is 5.78 Å². The number of hydrogen-bond acceptors (Lipinski definition) is 1. The average molecular weight is 306 g/mol. The van der Waals surface area contributed by atoms with Gasteiger partial charge in [0.2, 0.25) is 0 Å². The minimum atomic E-state index is 0.249. The summed E-state index contributed by atoms with van der Waals surface area (Å²) in [7, 11) is 1.96. The molecule has 2 rings (SSSR count). The molecule has 0 spiro atoms. The molecule has 0 aliphatic heterocycles. The monoisotopic (exact) mass is 305 g/mol. The molecular weight excluding hydrogens is 282 g/mol. The fourth-order valence-electron chi connectivity index (χ4n) is 2.78. The van der Waals surface area contributed by atoms with Crippen LogP contribution in [-0.2, 0) is 7.05 Å². The number of benzene rings is 1. The highest BCUT2D eigenvalue weighted by Gasteiger charge is 2.13. The van der Waals surface area contributed by atoms with Crippen molar-refractivity contribution in [3.05, 3.63) is 35.0 Å². The summed E-state index contributed by atoms with van der Waals surface area (Å²) >= 11 is 6.03. The van der Waals surface area contributed by atoms with Crippen molar-refractivity contribution in [3.63, 3.8) is 0 Å². The number of carbonyl (C=O) groups is 1. The third-order valence-corrected chi connectivity index (χ3v) is 4.25. The molecule has 0 radical (unpaired) electrons. The Morgan fingerprint density at radius 2 is 1.86 bits per heavy atom. The number of ketones is 1. The Balaban J connectivity index is 1.97. The van der Waals surface area contributed by atoms with Crippen LogP contribution in [0.1, 0.15) is 62.2 Å². The molecule has 21 heavy (non-hydrogen) atoms. The molecular formula is C18H24ClNO. The van der Waals surface area contributed by atoms with Crippen LogP contribution in [0, 0.1) is 0 Å². The lowest BCUT2D eigenvalue weighted by Crippen LogP contribution is -1.98. The topological polar surface area (TPSA) is 22.0 Å². The summed E-state index contributed by atoms with van der Waals surface area (Å²) in [6.07, 6.45) is 9.82. The number of rotatable bonds is 8. The van der Waals surface area contributed by atoms with Crippen LogP contribution in [0.3, 0.4) is 0 Å². The van der Waals surface area contributed by atoms with Gasteiger partial charge in [-0.15, -0.1) is 0 Å². The van der Waals surface area contributed by atoms with Crippen molar-refractivity contribution in [1.29, 1.82) is 0 Å². The first-order valence-corrected chi connectivity index (χ1v) is 8.29. The molecule has 0 saturated carbocycles. The van der Waals surface area contributed by atoms with E-state index in [1.165, 1.54) is 25.7 Å². The number of hydrogen-bond donors (Lipinski definition) is 0. The fraction of sp³-hybridized carbons (Fsp3) is 0.500. The van der Waals surface area contributed by atoms with Crippen molar-refractivity contribution in [1.82, 2.24) is 4.57 Å². The number of fused-ring (bicyclic) bond motifs is 1. The van der Waals surface area contributed by atoms with Crippen LogP contribution in [0.15, 0.2) is 24.4 Å². The van der Waals surface area contributed by atoms with Crippen LogP contribution in [-0.4, -0.2) is 10.4 Å². The van der Waals surface area contributed by atoms with Crippen molar-refractivity contribution < 1.29 is 4.79 Å². The smallest absolute Gasteiger partial charge is 0.165 e. The maximum atomic E-state index is 12.4. The van der Waals surface area contributed by atoms with Crippen LogP contribution in [0.25, 0.3) is 10.9 Å². The normalized spacial score (nSPS) is 11.2. The largest absolute Gasteiger partial charge is 0.350 e. The maximum absolute atomic E-state index is 12.4. The van der Waals surface area contributed by atoms with Crippen molar-refractivity contribution in [2.75, 3.05) is 0 Å². The van der Waals surface area contributed by atoms with Gasteiger partial charge in [-0.05, 0) is 18.6 Å². The third-order valence-electron chi connectivity index (χ3n) is 4.01. The van der Waals surface area contributed by atoms with Crippen molar-refractivity contribution in [3.8, 4) is 0 Å². The van der Waals surface area contributed by atoms with Crippen molar-refractivity contribution in [2.45, 2.75) is 51.9 Å². The molecule has 0 aliphatic carbocycles. The predicted molar refractivity (Wildman–Crippen MR) is 90.3 cm³/mol. The Hall–Kier alpha value is -1.28. The number of carbonyl (C=O) groups excluding carboxylic acids is 1. The number of halogens is 1. The first kappa shape index (κ1) is 16.1. The molecule has 1 heterocycles. The molecule has 2 nitrogen and oxygen atoms in total. The van der Waals surface area contributed by atoms with Gasteiger partial charge in [-0.25, -0.2) is 0 Å². The molecule has 1 aromatic heterocycles. The minimum absolute atomic E-state index is 0.249. The van der Waals surface area contributed by atoms with E-state index in [1.54, 1.807) is 0 Å². The molecule has 1 aromatic carbocycles. The number of aryl methyl sites for hydroxylation is 1. The highest BCUT2D eigenvalue weighted by Crippen LogP contribution is 2.25. The zero-order valence-corrected chi connectivity index (χ0v) is 13.7. The van der Waals surface area contributed by atoms with E-state index < -0.39 is 0 Å². The molecule has 0 fully saturated rings. The van der Waals surface area contributed by atoms with Gasteiger partial charge in [-0.3, -0.25) is 4.79 Å². The van der Waals surface area contributed by atoms with E-state index in [2.05, 4.69) is 6.92 Å². The van der Waals surface area contributed by atoms with Crippen LogP contribution in [0.2, 0.25) is 5.02 Å². The lowest BCUT2D eigenvalue weighted by atomic mass is 10.0. The summed E-state index contributed by atoms with van der Waals surface area (Å²) in [6, 6.07) is 5.72. The molecule has 0 unspecified atom stereocenters. The zero-order valence-electron chi connectivity index (χ0n) is 13.0. The lowest BCUT2D eigenvalue weighted by molar-refractivity contribution is 0.0980. The molecule has 0 atom stereocenters. The predicted octanol–water partition coefficient (Wildman–Crippen LogP) is 5.77. The Kier molecular flexibility index (Phi) is 5.86. The van der Waals surface area contributed by atoms with E-state index in [9.17, 15) is 4.79 Å². The Labute approximate surface area is 132 Å². The van der Waals surface area contributed by atoms with E-state index in [0.29, 0.717) is 11.4 Å². The molecule has 2 aromatic rings. The van der Waals surface area contributed by atoms with Gasteiger partial charge in [0, 0.05) is 41.2 Å². The van der Waals surface area contributed by atoms with E-state index in [4.69, 9.17) is 11.6 Å². The molecule has 0 aliphatic rings. The SMILES string of the molecule is CCCCCCCCC(=O)c1cn(C)c2cc(Cl)ccc12. The van der Waals surface area contributed by atoms with Gasteiger partial charge in [-0.1, -0.05) is 56.7 Å². The van der Waals surface area contributed by atoms with E-state index >= 15 is 0 Å². The number of nitrogens with zero attached hydrogens (tertiary/aromatic N) is 1. The maximum Gasteiger partial charge on any atom is 0.165 e. The second kappa shape index (κ2) is 7.65. The summed E-state index contributed by atoms with van der Waals surface area (Å²) in [6.45, 7) is 2.22. The quantitative estimate of drug-likeness (QED) is 0.448. The van der Waals surface area contributed by atoms with E-state index in [1.807, 2.05) is 36.0 Å². The van der Waals surface area contributed by atoms with Gasteiger partial charge in [0.05, 0.1) is 0 Å². The Morgan fingerprint density at radius 3 is 2.62 bits per heavy atom. The molecule has 3 heteroatoms. The summed E-state index contributed by atoms with van der Waals surface area (Å²) < 4.78 is 1.98. The van der Waals surface area contributed by atoms with Crippen LogP contribution < -0.4 is 0 Å². The minimum Gasteiger partial charge on any atom is -0.350 e. The highest BCUT2D eigenvalue weighted by molar-refractivity contribution is 6.31. The highest BCUT2D eigenvalue weighted by atomic mass is 35.5. The second-order valence-corrected chi connectivity index (χ2v) is 6.19. The standard InChI is InChI=1S/C18H24ClNO/c1-3-4-5-6-7-8-9-18(21)16-13-20(2)17-12-14(19)10-11-15(16)17/h10-13H,3-9H2,1-2H3. The van der Waals surface area contributed by atoms with Crippen molar-refractivity contribution >= 4 is 28.3 Å². The molecule has 0 amide bonds. The van der Waals surface area contributed by atoms with Gasteiger partial charge < -0.3 is 4.57 Å². The summed E-state index contributed by atoms with van der Waals surface area (Å²) in [4.78, 5) is 12.4. The third kappa shape index (κ3) is 4.10. The van der Waals surface area contributed by atoms with Crippen LogP contribution in [0.5, 0.6) is 0 Å². The molecule has 0 saturated heterocycles. The van der Waals surface area contributed by atoms with E-state index in [0.717, 1.165) is 29.3 Å². The molecule has 0 bridgehead atoms. The Bertz CT molecular complexity index is 615. The summed E-state index contributed by atoms with van der Waals surface area (Å²) in [5.74, 6) is 0.249. The number of unbranched alkanes of at least 4 members (excludes halogenated alkanes) is 5. The van der Waals surface area contributed by atoms with Gasteiger partial charge in [-0.2, -0.15) is 0 Å². The lowest BCUT2D eigenvalue weighted by Gasteiger charge is -2.01. The molecule has 0 N–H and O–H groups in total. The van der Waals surface area contributed by atoms with Crippen LogP contribution in [0.4, 0.5) is 0 Å². The van der Waals surface area contributed by atoms with Gasteiger partial charge in [0.15, 0.2) is 5.78 Å².